The van der Waals surface area contributed by atoms with Crippen molar-refractivity contribution < 1.29 is 17.6 Å². The number of hydrogen-bond donors (Lipinski definition) is 0. The van der Waals surface area contributed by atoms with Gasteiger partial charge in [-0.1, -0.05) is 10.2 Å². The Kier molecular flexibility index (Phi) is 3.19. The van der Waals surface area contributed by atoms with Gasteiger partial charge in [0.05, 0.1) is 11.4 Å². The summed E-state index contributed by atoms with van der Waals surface area (Å²) in [4.78, 5) is 4.13. The number of benzene rings is 1. The van der Waals surface area contributed by atoms with Crippen molar-refractivity contribution in [3.63, 3.8) is 0 Å². The molecule has 0 saturated heterocycles. The second-order valence-electron chi connectivity index (χ2n) is 2.33. The molecule has 82 valence electrons. The van der Waals surface area contributed by atoms with Gasteiger partial charge in [0, 0.05) is 9.82 Å². The van der Waals surface area contributed by atoms with E-state index in [-0.39, 0.29) is 0 Å². The maximum absolute atomic E-state index is 13.0. The third-order valence-electron chi connectivity index (χ3n) is 1.51. The third-order valence-corrected chi connectivity index (χ3v) is 1.51. The van der Waals surface area contributed by atoms with Crippen LogP contribution < -0.4 is 0 Å². The Morgan fingerprint density at radius 2 is 1.00 bits per heavy atom. The molecule has 0 radical (unpaired) electrons. The van der Waals surface area contributed by atoms with E-state index in [1.807, 2.05) is 0 Å². The van der Waals surface area contributed by atoms with Crippen LogP contribution in [0, 0.1) is 23.3 Å². The van der Waals surface area contributed by atoms with Crippen LogP contribution in [0.15, 0.2) is 10.2 Å². The quantitative estimate of drug-likeness (QED) is 0.183. The van der Waals surface area contributed by atoms with E-state index in [4.69, 9.17) is 11.1 Å². The second kappa shape index (κ2) is 4.39. The Labute approximate surface area is 84.4 Å². The Hall–Kier alpha value is -2.44. The summed E-state index contributed by atoms with van der Waals surface area (Å²) in [5.41, 5.74) is 13.5. The minimum atomic E-state index is -2.16. The van der Waals surface area contributed by atoms with E-state index in [2.05, 4.69) is 20.1 Å². The highest BCUT2D eigenvalue weighted by molar-refractivity contribution is 5.63. The number of nitrogens with zero attached hydrogens (tertiary/aromatic N) is 6. The molecule has 16 heavy (non-hydrogen) atoms. The Balaban J connectivity index is 3.81. The second-order valence-corrected chi connectivity index (χ2v) is 2.33. The summed E-state index contributed by atoms with van der Waals surface area (Å²) in [6, 6.07) is 0. The molecule has 0 amide bonds. The first kappa shape index (κ1) is 11.6. The molecule has 1 aromatic rings. The van der Waals surface area contributed by atoms with Gasteiger partial charge in [-0.2, -0.15) is 0 Å². The number of halogens is 4. The molecule has 0 spiro atoms. The molecule has 0 aliphatic carbocycles. The smallest absolute Gasteiger partial charge is 0.197 e. The molecular formula is C6F4N6. The number of azide groups is 2. The molecule has 0 heterocycles. The van der Waals surface area contributed by atoms with E-state index in [9.17, 15) is 17.6 Å². The summed E-state index contributed by atoms with van der Waals surface area (Å²) >= 11 is 0. The summed E-state index contributed by atoms with van der Waals surface area (Å²) in [5, 5.41) is 5.16. The molecule has 0 bridgehead atoms. The SMILES string of the molecule is [N-]=[N+]=Nc1c(F)c(F)c(F)c(F)c1N=[N+]=[N-]. The third kappa shape index (κ3) is 1.70. The highest BCUT2D eigenvalue weighted by Gasteiger charge is 2.23. The number of hydrogen-bond acceptors (Lipinski definition) is 2. The standard InChI is InChI=1S/C6F4N6/c7-1-2(8)4(10)6(14-16-12)5(3(1)9)13-15-11. The fourth-order valence-corrected chi connectivity index (χ4v) is 0.880. The molecule has 0 atom stereocenters. The van der Waals surface area contributed by atoms with Gasteiger partial charge in [0.1, 0.15) is 0 Å². The molecule has 1 rings (SSSR count). The summed E-state index contributed by atoms with van der Waals surface area (Å²) in [5.74, 6) is -8.17. The van der Waals surface area contributed by atoms with Gasteiger partial charge in [-0.05, 0) is 11.1 Å². The van der Waals surface area contributed by atoms with Crippen LogP contribution in [0.25, 0.3) is 20.9 Å². The molecule has 10 heteroatoms. The minimum Gasteiger partial charge on any atom is -0.203 e. The maximum Gasteiger partial charge on any atom is 0.197 e. The minimum absolute atomic E-state index is 1.24. The normalized spacial score (nSPS) is 9.25. The summed E-state index contributed by atoms with van der Waals surface area (Å²) in [7, 11) is 0. The van der Waals surface area contributed by atoms with Crippen molar-refractivity contribution in [1.29, 1.82) is 0 Å². The van der Waals surface area contributed by atoms with Gasteiger partial charge in [-0.25, -0.2) is 17.6 Å². The van der Waals surface area contributed by atoms with E-state index >= 15 is 0 Å². The van der Waals surface area contributed by atoms with Crippen molar-refractivity contribution in [2.75, 3.05) is 0 Å². The molecule has 6 nitrogen and oxygen atoms in total. The monoisotopic (exact) mass is 232 g/mol. The van der Waals surface area contributed by atoms with Crippen molar-refractivity contribution in [3.05, 3.63) is 44.2 Å². The first-order chi connectivity index (χ1) is 7.54. The number of rotatable bonds is 2. The van der Waals surface area contributed by atoms with E-state index in [0.29, 0.717) is 0 Å². The lowest BCUT2D eigenvalue weighted by Crippen LogP contribution is -1.96. The fourth-order valence-electron chi connectivity index (χ4n) is 0.880. The predicted octanol–water partition coefficient (Wildman–Crippen LogP) is 4.13. The van der Waals surface area contributed by atoms with Crippen LogP contribution in [0.3, 0.4) is 0 Å². The first-order valence-corrected chi connectivity index (χ1v) is 3.50. The van der Waals surface area contributed by atoms with E-state index in [1.165, 1.54) is 0 Å². The van der Waals surface area contributed by atoms with Crippen molar-refractivity contribution in [2.45, 2.75) is 0 Å². The zero-order chi connectivity index (χ0) is 12.3. The van der Waals surface area contributed by atoms with Gasteiger partial charge >= 0.3 is 0 Å². The van der Waals surface area contributed by atoms with Crippen LogP contribution in [0.5, 0.6) is 0 Å². The summed E-state index contributed by atoms with van der Waals surface area (Å²) in [6.45, 7) is 0. The van der Waals surface area contributed by atoms with Crippen LogP contribution in [-0.4, -0.2) is 0 Å². The lowest BCUT2D eigenvalue weighted by molar-refractivity contribution is 0.412. The van der Waals surface area contributed by atoms with Crippen LogP contribution >= 0.6 is 0 Å². The van der Waals surface area contributed by atoms with Crippen molar-refractivity contribution in [2.24, 2.45) is 10.2 Å². The highest BCUT2D eigenvalue weighted by atomic mass is 19.2. The molecule has 1 aromatic carbocycles. The van der Waals surface area contributed by atoms with E-state index < -0.39 is 34.6 Å². The fraction of sp³-hybridized carbons (Fsp3) is 0. The van der Waals surface area contributed by atoms with Crippen LogP contribution in [0.2, 0.25) is 0 Å². The molecule has 0 aromatic heterocycles. The Morgan fingerprint density at radius 1 is 0.688 bits per heavy atom. The first-order valence-electron chi connectivity index (χ1n) is 3.50. The Morgan fingerprint density at radius 3 is 1.25 bits per heavy atom. The largest absolute Gasteiger partial charge is 0.203 e. The molecule has 0 N–H and O–H groups in total. The van der Waals surface area contributed by atoms with Crippen LogP contribution in [-0.2, 0) is 0 Å². The molecule has 0 unspecified atom stereocenters. The molecular weight excluding hydrogens is 232 g/mol. The van der Waals surface area contributed by atoms with Crippen molar-refractivity contribution >= 4 is 11.4 Å². The van der Waals surface area contributed by atoms with Gasteiger partial charge in [0.15, 0.2) is 23.3 Å². The maximum atomic E-state index is 13.0. The van der Waals surface area contributed by atoms with Gasteiger partial charge in [0.25, 0.3) is 0 Å². The predicted molar refractivity (Wildman–Crippen MR) is 43.9 cm³/mol. The lowest BCUT2D eigenvalue weighted by Gasteiger charge is -2.04. The van der Waals surface area contributed by atoms with E-state index in [0.717, 1.165) is 0 Å². The van der Waals surface area contributed by atoms with Crippen molar-refractivity contribution in [3.8, 4) is 0 Å². The van der Waals surface area contributed by atoms with Gasteiger partial charge in [-0.3, -0.25) is 0 Å². The van der Waals surface area contributed by atoms with Gasteiger partial charge in [0.2, 0.25) is 0 Å². The molecule has 0 saturated carbocycles. The molecule has 0 aliphatic heterocycles. The molecule has 0 aliphatic rings. The zero-order valence-electron chi connectivity index (χ0n) is 7.20. The van der Waals surface area contributed by atoms with Crippen LogP contribution in [0.1, 0.15) is 0 Å². The lowest BCUT2D eigenvalue weighted by atomic mass is 10.2. The average molecular weight is 232 g/mol. The highest BCUT2D eigenvalue weighted by Crippen LogP contribution is 2.37. The summed E-state index contributed by atoms with van der Waals surface area (Å²) in [6.07, 6.45) is 0. The zero-order valence-corrected chi connectivity index (χ0v) is 7.20. The van der Waals surface area contributed by atoms with E-state index in [1.54, 1.807) is 0 Å². The van der Waals surface area contributed by atoms with Crippen LogP contribution in [0.4, 0.5) is 28.9 Å². The van der Waals surface area contributed by atoms with Gasteiger partial charge in [-0.15, -0.1) is 0 Å². The molecule has 0 fully saturated rings. The Bertz CT molecular complexity index is 494. The van der Waals surface area contributed by atoms with Gasteiger partial charge < -0.3 is 0 Å². The average Bonchev–Trinajstić information content (AvgIpc) is 2.28. The summed E-state index contributed by atoms with van der Waals surface area (Å²) < 4.78 is 51.3. The van der Waals surface area contributed by atoms with Crippen molar-refractivity contribution in [1.82, 2.24) is 0 Å². The topological polar surface area (TPSA) is 97.5 Å².